The van der Waals surface area contributed by atoms with Gasteiger partial charge in [-0.1, -0.05) is 24.3 Å². The van der Waals surface area contributed by atoms with Gasteiger partial charge in [0.15, 0.2) is 0 Å². The van der Waals surface area contributed by atoms with Crippen molar-refractivity contribution in [2.24, 2.45) is 0 Å². The van der Waals surface area contributed by atoms with E-state index in [1.807, 2.05) is 30.9 Å². The Kier molecular flexibility index (Phi) is 5.30. The first-order chi connectivity index (χ1) is 6.74. The zero-order valence-electron chi connectivity index (χ0n) is 8.22. The van der Waals surface area contributed by atoms with Gasteiger partial charge in [0.05, 0.1) is 0 Å². The van der Waals surface area contributed by atoms with Gasteiger partial charge in [-0.2, -0.15) is 0 Å². The van der Waals surface area contributed by atoms with Gasteiger partial charge in [-0.15, -0.1) is 11.8 Å². The minimum absolute atomic E-state index is 0.886. The summed E-state index contributed by atoms with van der Waals surface area (Å²) in [6.07, 6.45) is 0. The SMILES string of the molecule is C=C(CNC)CSc1ccccc1Br. The zero-order chi connectivity index (χ0) is 10.4. The number of hydrogen-bond acceptors (Lipinski definition) is 2. The second-order valence-electron chi connectivity index (χ2n) is 3.00. The van der Waals surface area contributed by atoms with Crippen molar-refractivity contribution in [3.05, 3.63) is 40.9 Å². The Labute approximate surface area is 98.1 Å². The molecular weight excluding hydrogens is 258 g/mol. The molecule has 3 heteroatoms. The molecule has 0 aliphatic heterocycles. The average Bonchev–Trinajstić information content (AvgIpc) is 2.17. The van der Waals surface area contributed by atoms with Crippen LogP contribution in [0, 0.1) is 0 Å². The van der Waals surface area contributed by atoms with Crippen LogP contribution in [0.1, 0.15) is 0 Å². The van der Waals surface area contributed by atoms with E-state index in [4.69, 9.17) is 0 Å². The molecule has 0 aliphatic rings. The molecule has 0 radical (unpaired) electrons. The molecule has 0 heterocycles. The highest BCUT2D eigenvalue weighted by atomic mass is 79.9. The number of rotatable bonds is 5. The molecule has 0 amide bonds. The predicted molar refractivity (Wildman–Crippen MR) is 67.9 cm³/mol. The van der Waals surface area contributed by atoms with Crippen LogP contribution in [0.3, 0.4) is 0 Å². The van der Waals surface area contributed by atoms with Gasteiger partial charge in [-0.05, 0) is 35.1 Å². The standard InChI is InChI=1S/C11H14BrNS/c1-9(7-13-2)8-14-11-6-4-3-5-10(11)12/h3-6,13H,1,7-8H2,2H3. The zero-order valence-corrected chi connectivity index (χ0v) is 10.6. The lowest BCUT2D eigenvalue weighted by atomic mass is 10.3. The third-order valence-electron chi connectivity index (χ3n) is 1.70. The first-order valence-electron chi connectivity index (χ1n) is 4.42. The second-order valence-corrected chi connectivity index (χ2v) is 4.87. The van der Waals surface area contributed by atoms with Crippen LogP contribution < -0.4 is 5.32 Å². The molecule has 0 unspecified atom stereocenters. The van der Waals surface area contributed by atoms with Crippen LogP contribution in [0.4, 0.5) is 0 Å². The van der Waals surface area contributed by atoms with E-state index in [1.54, 1.807) is 0 Å². The molecule has 1 nitrogen and oxygen atoms in total. The van der Waals surface area contributed by atoms with Crippen LogP contribution in [-0.2, 0) is 0 Å². The number of benzene rings is 1. The van der Waals surface area contributed by atoms with E-state index < -0.39 is 0 Å². The molecule has 0 fully saturated rings. The Balaban J connectivity index is 2.46. The van der Waals surface area contributed by atoms with Gasteiger partial charge in [0, 0.05) is 21.7 Å². The number of nitrogens with one attached hydrogen (secondary N) is 1. The fourth-order valence-corrected chi connectivity index (χ4v) is 2.51. The molecule has 0 atom stereocenters. The van der Waals surface area contributed by atoms with Gasteiger partial charge in [-0.3, -0.25) is 0 Å². The third-order valence-corrected chi connectivity index (χ3v) is 3.87. The average molecular weight is 272 g/mol. The van der Waals surface area contributed by atoms with E-state index in [2.05, 4.69) is 40.0 Å². The lowest BCUT2D eigenvalue weighted by Gasteiger charge is -2.06. The lowest BCUT2D eigenvalue weighted by molar-refractivity contribution is 0.885. The largest absolute Gasteiger partial charge is 0.316 e. The maximum absolute atomic E-state index is 3.99. The molecule has 1 aromatic rings. The molecular formula is C11H14BrNS. The Morgan fingerprint density at radius 2 is 2.21 bits per heavy atom. The molecule has 14 heavy (non-hydrogen) atoms. The van der Waals surface area contributed by atoms with E-state index >= 15 is 0 Å². The fourth-order valence-electron chi connectivity index (χ4n) is 1.04. The molecule has 0 aromatic heterocycles. The Morgan fingerprint density at radius 3 is 2.86 bits per heavy atom. The van der Waals surface area contributed by atoms with E-state index in [9.17, 15) is 0 Å². The fraction of sp³-hybridized carbons (Fsp3) is 0.273. The maximum Gasteiger partial charge on any atom is 0.0311 e. The van der Waals surface area contributed by atoms with Crippen molar-refractivity contribution in [3.8, 4) is 0 Å². The molecule has 0 spiro atoms. The quantitative estimate of drug-likeness (QED) is 0.652. The maximum atomic E-state index is 3.99. The molecule has 1 rings (SSSR count). The first kappa shape index (κ1) is 11.8. The molecule has 1 N–H and O–H groups in total. The van der Waals surface area contributed by atoms with E-state index in [0.717, 1.165) is 16.8 Å². The van der Waals surface area contributed by atoms with Crippen LogP contribution in [0.5, 0.6) is 0 Å². The molecule has 0 saturated heterocycles. The van der Waals surface area contributed by atoms with Crippen LogP contribution in [0.15, 0.2) is 45.8 Å². The van der Waals surface area contributed by atoms with Gasteiger partial charge in [0.25, 0.3) is 0 Å². The van der Waals surface area contributed by atoms with Crippen LogP contribution in [0.25, 0.3) is 0 Å². The number of likely N-dealkylation sites (N-methyl/N-ethyl adjacent to an activating group) is 1. The second kappa shape index (κ2) is 6.27. The van der Waals surface area contributed by atoms with Crippen molar-refractivity contribution in [2.45, 2.75) is 4.90 Å². The molecule has 0 aliphatic carbocycles. The number of halogens is 1. The van der Waals surface area contributed by atoms with Crippen molar-refractivity contribution in [1.82, 2.24) is 5.32 Å². The van der Waals surface area contributed by atoms with Crippen LogP contribution in [-0.4, -0.2) is 19.3 Å². The Morgan fingerprint density at radius 1 is 1.50 bits per heavy atom. The Bertz CT molecular complexity index is 312. The van der Waals surface area contributed by atoms with Crippen LogP contribution in [0.2, 0.25) is 0 Å². The number of thioether (sulfide) groups is 1. The molecule has 0 saturated carbocycles. The molecule has 76 valence electrons. The van der Waals surface area contributed by atoms with E-state index in [0.29, 0.717) is 0 Å². The van der Waals surface area contributed by atoms with Gasteiger partial charge in [0.2, 0.25) is 0 Å². The molecule has 0 bridgehead atoms. The summed E-state index contributed by atoms with van der Waals surface area (Å²) in [5, 5.41) is 3.09. The summed E-state index contributed by atoms with van der Waals surface area (Å²) in [4.78, 5) is 1.27. The highest BCUT2D eigenvalue weighted by Gasteiger charge is 1.99. The number of hydrogen-bond donors (Lipinski definition) is 1. The van der Waals surface area contributed by atoms with Gasteiger partial charge in [0.1, 0.15) is 0 Å². The van der Waals surface area contributed by atoms with Gasteiger partial charge >= 0.3 is 0 Å². The minimum Gasteiger partial charge on any atom is -0.316 e. The van der Waals surface area contributed by atoms with Crippen molar-refractivity contribution in [2.75, 3.05) is 19.3 Å². The third kappa shape index (κ3) is 3.86. The first-order valence-corrected chi connectivity index (χ1v) is 6.20. The Hall–Kier alpha value is -0.250. The van der Waals surface area contributed by atoms with E-state index in [1.165, 1.54) is 10.5 Å². The van der Waals surface area contributed by atoms with Gasteiger partial charge in [-0.25, -0.2) is 0 Å². The summed E-state index contributed by atoms with van der Waals surface area (Å²) in [7, 11) is 1.94. The van der Waals surface area contributed by atoms with Gasteiger partial charge < -0.3 is 5.32 Å². The summed E-state index contributed by atoms with van der Waals surface area (Å²) < 4.78 is 1.15. The topological polar surface area (TPSA) is 12.0 Å². The summed E-state index contributed by atoms with van der Waals surface area (Å²) in [5.74, 6) is 0.962. The lowest BCUT2D eigenvalue weighted by Crippen LogP contribution is -2.10. The summed E-state index contributed by atoms with van der Waals surface area (Å²) in [6.45, 7) is 4.88. The summed E-state index contributed by atoms with van der Waals surface area (Å²) in [5.41, 5.74) is 1.22. The van der Waals surface area contributed by atoms with Crippen molar-refractivity contribution >= 4 is 27.7 Å². The summed E-state index contributed by atoms with van der Waals surface area (Å²) in [6, 6.07) is 8.25. The minimum atomic E-state index is 0.886. The van der Waals surface area contributed by atoms with Crippen LogP contribution >= 0.6 is 27.7 Å². The monoisotopic (exact) mass is 271 g/mol. The molecule has 1 aromatic carbocycles. The summed E-state index contributed by atoms with van der Waals surface area (Å²) >= 11 is 5.33. The van der Waals surface area contributed by atoms with E-state index in [-0.39, 0.29) is 0 Å². The van der Waals surface area contributed by atoms with Crippen molar-refractivity contribution in [1.29, 1.82) is 0 Å². The van der Waals surface area contributed by atoms with Crippen molar-refractivity contribution < 1.29 is 0 Å². The normalized spacial score (nSPS) is 10.1. The predicted octanol–water partition coefficient (Wildman–Crippen LogP) is 3.32. The highest BCUT2D eigenvalue weighted by molar-refractivity contribution is 9.10. The highest BCUT2D eigenvalue weighted by Crippen LogP contribution is 2.27. The smallest absolute Gasteiger partial charge is 0.0311 e. The van der Waals surface area contributed by atoms with Crippen molar-refractivity contribution in [3.63, 3.8) is 0 Å².